The molecule has 0 spiro atoms. The monoisotopic (exact) mass is 251 g/mol. The molecule has 0 saturated heterocycles. The highest BCUT2D eigenvalue weighted by molar-refractivity contribution is 5.84. The molecule has 2 N–H and O–H groups in total. The summed E-state index contributed by atoms with van der Waals surface area (Å²) in [6, 6.07) is 5.25. The maximum atomic E-state index is 10.5. The maximum absolute atomic E-state index is 10.5. The summed E-state index contributed by atoms with van der Waals surface area (Å²) in [5, 5.41) is 23.5. The molecule has 0 atom stereocenters. The maximum Gasteiger partial charge on any atom is 0.290 e. The number of rotatable bonds is 4. The highest BCUT2D eigenvalue weighted by atomic mass is 16.3. The van der Waals surface area contributed by atoms with Crippen LogP contribution in [0.25, 0.3) is 11.0 Å². The molecular formula is C11H13N3O4. The van der Waals surface area contributed by atoms with Gasteiger partial charge >= 0.3 is 0 Å². The van der Waals surface area contributed by atoms with Crippen molar-refractivity contribution in [3.63, 3.8) is 0 Å². The molecule has 7 nitrogen and oxygen atoms in total. The molecule has 0 aliphatic heterocycles. The SMILES string of the molecule is O=CO.O=Cc1ccc2c(c1)nnn2CCCO. The van der Waals surface area contributed by atoms with Gasteiger partial charge in [0.15, 0.2) is 0 Å². The summed E-state index contributed by atoms with van der Waals surface area (Å²) in [6.45, 7) is 0.515. The van der Waals surface area contributed by atoms with Gasteiger partial charge in [0.1, 0.15) is 11.8 Å². The molecule has 0 aliphatic carbocycles. The fourth-order valence-electron chi connectivity index (χ4n) is 1.45. The number of aliphatic hydroxyl groups is 1. The Morgan fingerprint density at radius 1 is 1.33 bits per heavy atom. The predicted octanol–water partition coefficient (Wildman–Crippen LogP) is 0.327. The van der Waals surface area contributed by atoms with Crippen LogP contribution in [0.4, 0.5) is 0 Å². The van der Waals surface area contributed by atoms with Crippen molar-refractivity contribution in [1.82, 2.24) is 15.0 Å². The fourth-order valence-corrected chi connectivity index (χ4v) is 1.45. The Morgan fingerprint density at radius 3 is 2.67 bits per heavy atom. The minimum atomic E-state index is -0.250. The summed E-state index contributed by atoms with van der Waals surface area (Å²) < 4.78 is 1.72. The molecule has 1 aromatic heterocycles. The Morgan fingerprint density at radius 2 is 2.06 bits per heavy atom. The second-order valence-corrected chi connectivity index (χ2v) is 3.36. The van der Waals surface area contributed by atoms with Gasteiger partial charge in [0.25, 0.3) is 6.47 Å². The smallest absolute Gasteiger partial charge is 0.290 e. The number of aryl methyl sites for hydroxylation is 1. The van der Waals surface area contributed by atoms with Crippen LogP contribution in [0.2, 0.25) is 0 Å². The molecule has 96 valence electrons. The molecule has 0 bridgehead atoms. The lowest BCUT2D eigenvalue weighted by molar-refractivity contribution is -0.122. The van der Waals surface area contributed by atoms with E-state index in [2.05, 4.69) is 10.3 Å². The van der Waals surface area contributed by atoms with Gasteiger partial charge in [-0.2, -0.15) is 0 Å². The van der Waals surface area contributed by atoms with Crippen molar-refractivity contribution in [2.75, 3.05) is 6.61 Å². The van der Waals surface area contributed by atoms with Crippen molar-refractivity contribution < 1.29 is 19.8 Å². The van der Waals surface area contributed by atoms with Gasteiger partial charge in [-0.1, -0.05) is 5.21 Å². The van der Waals surface area contributed by atoms with Crippen LogP contribution in [0.5, 0.6) is 0 Å². The number of aliphatic hydroxyl groups excluding tert-OH is 1. The molecular weight excluding hydrogens is 238 g/mol. The summed E-state index contributed by atoms with van der Waals surface area (Å²) in [5.41, 5.74) is 2.18. The van der Waals surface area contributed by atoms with Crippen molar-refractivity contribution in [3.8, 4) is 0 Å². The molecule has 0 fully saturated rings. The van der Waals surface area contributed by atoms with E-state index in [-0.39, 0.29) is 13.1 Å². The number of benzene rings is 1. The number of hydrogen-bond acceptors (Lipinski definition) is 5. The van der Waals surface area contributed by atoms with Crippen molar-refractivity contribution >= 4 is 23.8 Å². The molecule has 1 aromatic carbocycles. The first-order valence-electron chi connectivity index (χ1n) is 5.24. The quantitative estimate of drug-likeness (QED) is 0.758. The molecule has 0 amide bonds. The predicted molar refractivity (Wildman–Crippen MR) is 63.3 cm³/mol. The van der Waals surface area contributed by atoms with Crippen molar-refractivity contribution in [2.24, 2.45) is 0 Å². The van der Waals surface area contributed by atoms with Crippen LogP contribution in [0, 0.1) is 0 Å². The van der Waals surface area contributed by atoms with E-state index in [0.29, 0.717) is 24.0 Å². The van der Waals surface area contributed by atoms with Gasteiger partial charge in [0.05, 0.1) is 5.52 Å². The van der Waals surface area contributed by atoms with Gasteiger partial charge < -0.3 is 10.2 Å². The summed E-state index contributed by atoms with van der Waals surface area (Å²) in [7, 11) is 0. The zero-order valence-corrected chi connectivity index (χ0v) is 9.56. The second-order valence-electron chi connectivity index (χ2n) is 3.36. The van der Waals surface area contributed by atoms with Crippen molar-refractivity contribution in [3.05, 3.63) is 23.8 Å². The average molecular weight is 251 g/mol. The van der Waals surface area contributed by atoms with E-state index >= 15 is 0 Å². The van der Waals surface area contributed by atoms with E-state index in [0.717, 1.165) is 11.8 Å². The minimum absolute atomic E-state index is 0.133. The van der Waals surface area contributed by atoms with Crippen LogP contribution < -0.4 is 0 Å². The summed E-state index contributed by atoms with van der Waals surface area (Å²) in [5.74, 6) is 0. The second kappa shape index (κ2) is 7.13. The highest BCUT2D eigenvalue weighted by Gasteiger charge is 2.04. The van der Waals surface area contributed by atoms with Crippen LogP contribution in [0.1, 0.15) is 16.8 Å². The van der Waals surface area contributed by atoms with E-state index in [4.69, 9.17) is 15.0 Å². The molecule has 0 unspecified atom stereocenters. The molecule has 0 radical (unpaired) electrons. The standard InChI is InChI=1S/C10H11N3O2.CH2O2/c14-5-1-4-13-10-3-2-8(7-15)6-9(10)11-12-13;2-1-3/h2-3,6-7,14H,1,4-5H2;1H,(H,2,3). The molecule has 0 saturated carbocycles. The van der Waals surface area contributed by atoms with Crippen LogP contribution in [-0.2, 0) is 11.3 Å². The molecule has 18 heavy (non-hydrogen) atoms. The van der Waals surface area contributed by atoms with Gasteiger partial charge in [-0.05, 0) is 24.6 Å². The topological polar surface area (TPSA) is 105 Å². The number of aromatic nitrogens is 3. The van der Waals surface area contributed by atoms with Gasteiger partial charge in [0, 0.05) is 18.7 Å². The minimum Gasteiger partial charge on any atom is -0.483 e. The Balaban J connectivity index is 0.000000492. The number of carbonyl (C=O) groups excluding carboxylic acids is 1. The largest absolute Gasteiger partial charge is 0.483 e. The fraction of sp³-hybridized carbons (Fsp3) is 0.273. The molecule has 7 heteroatoms. The van der Waals surface area contributed by atoms with Gasteiger partial charge in [0.2, 0.25) is 0 Å². The van der Waals surface area contributed by atoms with Crippen LogP contribution in [-0.4, -0.2) is 44.6 Å². The number of carbonyl (C=O) groups is 2. The summed E-state index contributed by atoms with van der Waals surface area (Å²) in [6.07, 6.45) is 1.43. The first-order valence-corrected chi connectivity index (χ1v) is 5.24. The average Bonchev–Trinajstić information content (AvgIpc) is 2.79. The molecule has 2 rings (SSSR count). The number of nitrogens with zero attached hydrogens (tertiary/aromatic N) is 3. The van der Waals surface area contributed by atoms with E-state index in [1.807, 2.05) is 6.07 Å². The van der Waals surface area contributed by atoms with Crippen LogP contribution in [0.3, 0.4) is 0 Å². The number of carboxylic acid groups (broad SMARTS) is 1. The lowest BCUT2D eigenvalue weighted by Crippen LogP contribution is -2.01. The van der Waals surface area contributed by atoms with E-state index < -0.39 is 0 Å². The zero-order valence-electron chi connectivity index (χ0n) is 9.56. The van der Waals surface area contributed by atoms with Gasteiger partial charge in [-0.25, -0.2) is 4.68 Å². The Bertz CT molecular complexity index is 524. The normalized spacial score (nSPS) is 9.61. The van der Waals surface area contributed by atoms with Crippen molar-refractivity contribution in [2.45, 2.75) is 13.0 Å². The first-order chi connectivity index (χ1) is 8.76. The third kappa shape index (κ3) is 3.36. The first kappa shape index (κ1) is 13.8. The zero-order chi connectivity index (χ0) is 13.4. The Labute approximate surface area is 103 Å². The molecule has 0 aliphatic rings. The Kier molecular flexibility index (Phi) is 5.46. The Hall–Kier alpha value is -2.28. The highest BCUT2D eigenvalue weighted by Crippen LogP contribution is 2.12. The summed E-state index contributed by atoms with van der Waals surface area (Å²) in [4.78, 5) is 18.9. The van der Waals surface area contributed by atoms with Gasteiger partial charge in [-0.15, -0.1) is 5.10 Å². The lowest BCUT2D eigenvalue weighted by atomic mass is 10.2. The molecule has 1 heterocycles. The number of aldehydes is 1. The van der Waals surface area contributed by atoms with Gasteiger partial charge in [-0.3, -0.25) is 9.59 Å². The van der Waals surface area contributed by atoms with Crippen LogP contribution in [0.15, 0.2) is 18.2 Å². The third-order valence-corrected chi connectivity index (χ3v) is 2.20. The third-order valence-electron chi connectivity index (χ3n) is 2.20. The van der Waals surface area contributed by atoms with Crippen molar-refractivity contribution in [1.29, 1.82) is 0 Å². The lowest BCUT2D eigenvalue weighted by Gasteiger charge is -1.99. The summed E-state index contributed by atoms with van der Waals surface area (Å²) >= 11 is 0. The van der Waals surface area contributed by atoms with E-state index in [9.17, 15) is 4.79 Å². The molecule has 2 aromatic rings. The van der Waals surface area contributed by atoms with Crippen LogP contribution >= 0.6 is 0 Å². The van der Waals surface area contributed by atoms with E-state index in [1.54, 1.807) is 16.8 Å². The van der Waals surface area contributed by atoms with E-state index in [1.165, 1.54) is 0 Å². The number of hydrogen-bond donors (Lipinski definition) is 2. The number of fused-ring (bicyclic) bond motifs is 1.